The molecule has 0 bridgehead atoms. The first-order valence-corrected chi connectivity index (χ1v) is 14.7. The number of aliphatic imine (C=N–C) groups is 1. The Hall–Kier alpha value is -2.69. The SMILES string of the molecule is CCc1cccc(C)c1.C\C=C(C)/C=C\C=C\CS/C(C)=N/C(S)=C1/C=C(c2ccc(OC)cc2)CC1C. The number of hydrogen-bond donors (Lipinski definition) is 1. The number of benzene rings is 2. The van der Waals surface area contributed by atoms with Crippen LogP contribution in [0.3, 0.4) is 0 Å². The van der Waals surface area contributed by atoms with E-state index in [-0.39, 0.29) is 0 Å². The molecule has 0 heterocycles. The second-order valence-corrected chi connectivity index (χ2v) is 11.0. The minimum atomic E-state index is 0.418. The van der Waals surface area contributed by atoms with Crippen molar-refractivity contribution >= 4 is 35.0 Å². The maximum atomic E-state index is 5.25. The number of hydrogen-bond acceptors (Lipinski definition) is 4. The summed E-state index contributed by atoms with van der Waals surface area (Å²) in [6.45, 7) is 12.7. The van der Waals surface area contributed by atoms with Gasteiger partial charge in [-0.15, -0.1) is 24.4 Å². The highest BCUT2D eigenvalue weighted by molar-refractivity contribution is 8.14. The van der Waals surface area contributed by atoms with Crippen LogP contribution in [-0.2, 0) is 6.42 Å². The van der Waals surface area contributed by atoms with Crippen molar-refractivity contribution in [3.63, 3.8) is 0 Å². The third-order valence-corrected chi connectivity index (χ3v) is 7.54. The van der Waals surface area contributed by atoms with Gasteiger partial charge in [0.05, 0.1) is 17.2 Å². The summed E-state index contributed by atoms with van der Waals surface area (Å²) in [7, 11) is 1.69. The van der Waals surface area contributed by atoms with E-state index in [0.717, 1.165) is 34.4 Å². The van der Waals surface area contributed by atoms with Crippen LogP contribution in [0.4, 0.5) is 0 Å². The Morgan fingerprint density at radius 1 is 1.13 bits per heavy atom. The summed E-state index contributed by atoms with van der Waals surface area (Å²) >= 11 is 6.43. The highest BCUT2D eigenvalue weighted by atomic mass is 32.2. The van der Waals surface area contributed by atoms with Crippen molar-refractivity contribution in [1.82, 2.24) is 0 Å². The topological polar surface area (TPSA) is 21.6 Å². The van der Waals surface area contributed by atoms with Crippen molar-refractivity contribution in [3.8, 4) is 5.75 Å². The fraction of sp³-hybridized carbons (Fsp3) is 0.324. The maximum Gasteiger partial charge on any atom is 0.118 e. The van der Waals surface area contributed by atoms with Crippen LogP contribution in [0.25, 0.3) is 5.57 Å². The van der Waals surface area contributed by atoms with E-state index in [2.05, 4.69) is 101 Å². The minimum absolute atomic E-state index is 0.418. The van der Waals surface area contributed by atoms with Gasteiger partial charge in [0.2, 0.25) is 0 Å². The van der Waals surface area contributed by atoms with Gasteiger partial charge in [-0.2, -0.15) is 0 Å². The Labute approximate surface area is 240 Å². The first-order valence-electron chi connectivity index (χ1n) is 13.2. The van der Waals surface area contributed by atoms with E-state index in [1.165, 1.54) is 33.4 Å². The van der Waals surface area contributed by atoms with Crippen LogP contribution < -0.4 is 4.74 Å². The Morgan fingerprint density at radius 3 is 2.47 bits per heavy atom. The van der Waals surface area contributed by atoms with Gasteiger partial charge in [0.1, 0.15) is 5.75 Å². The average Bonchev–Trinajstić information content (AvgIpc) is 3.32. The third kappa shape index (κ3) is 11.0. The quantitative estimate of drug-likeness (QED) is 0.154. The van der Waals surface area contributed by atoms with Gasteiger partial charge in [0.15, 0.2) is 0 Å². The zero-order valence-electron chi connectivity index (χ0n) is 24.0. The Morgan fingerprint density at radius 2 is 1.87 bits per heavy atom. The summed E-state index contributed by atoms with van der Waals surface area (Å²) in [6.07, 6.45) is 14.9. The standard InChI is InChI=1S/C25H31NOS2.C9H12/c1-6-18(2)10-8-7-9-15-29-20(4)26-25(28)24-17-22(16-19(24)3)21-11-13-23(27-5)14-12-21;1-3-9-6-4-5-8(2)7-9/h6-14,17,19,28H,15-16H2,1-5H3;4-7H,3H2,1-2H3/b9-7+,10-8-,18-6-,25-24+,26-20+;. The molecular formula is C34H43NOS2. The van der Waals surface area contributed by atoms with E-state index in [4.69, 9.17) is 22.4 Å². The van der Waals surface area contributed by atoms with Crippen molar-refractivity contribution in [2.24, 2.45) is 10.9 Å². The molecule has 1 unspecified atom stereocenters. The fourth-order valence-corrected chi connectivity index (χ4v) is 5.01. The lowest BCUT2D eigenvalue weighted by Gasteiger charge is -2.07. The Bertz CT molecular complexity index is 1210. The number of thioether (sulfide) groups is 1. The van der Waals surface area contributed by atoms with Gasteiger partial charge in [0.25, 0.3) is 0 Å². The predicted molar refractivity (Wildman–Crippen MR) is 175 cm³/mol. The highest BCUT2D eigenvalue weighted by Crippen LogP contribution is 2.39. The molecule has 0 fully saturated rings. The lowest BCUT2D eigenvalue weighted by molar-refractivity contribution is 0.415. The summed E-state index contributed by atoms with van der Waals surface area (Å²) < 4.78 is 5.25. The van der Waals surface area contributed by atoms with E-state index in [9.17, 15) is 0 Å². The number of thiol groups is 1. The Kier molecular flexibility index (Phi) is 14.1. The lowest BCUT2D eigenvalue weighted by atomic mass is 10.0. The fourth-order valence-electron chi connectivity index (χ4n) is 3.90. The van der Waals surface area contributed by atoms with Crippen LogP contribution in [0.2, 0.25) is 0 Å². The molecule has 0 amide bonds. The monoisotopic (exact) mass is 545 g/mol. The third-order valence-electron chi connectivity index (χ3n) is 6.31. The van der Waals surface area contributed by atoms with Crippen LogP contribution in [0.1, 0.15) is 57.7 Å². The largest absolute Gasteiger partial charge is 0.497 e. The molecule has 1 atom stereocenters. The molecule has 0 saturated carbocycles. The van der Waals surface area contributed by atoms with Gasteiger partial charge in [-0.1, -0.05) is 97.8 Å². The number of allylic oxidation sites excluding steroid dienone is 8. The van der Waals surface area contributed by atoms with Crippen LogP contribution in [0.5, 0.6) is 5.75 Å². The molecular weight excluding hydrogens is 503 g/mol. The second-order valence-electron chi connectivity index (χ2n) is 9.39. The van der Waals surface area contributed by atoms with Crippen LogP contribution in [-0.4, -0.2) is 17.9 Å². The van der Waals surface area contributed by atoms with Gasteiger partial charge >= 0.3 is 0 Å². The molecule has 2 nitrogen and oxygen atoms in total. The van der Waals surface area contributed by atoms with Gasteiger partial charge in [0, 0.05) is 5.75 Å². The lowest BCUT2D eigenvalue weighted by Crippen LogP contribution is -1.94. The summed E-state index contributed by atoms with van der Waals surface area (Å²) in [4.78, 5) is 4.72. The van der Waals surface area contributed by atoms with Crippen molar-refractivity contribution in [1.29, 1.82) is 0 Å². The van der Waals surface area contributed by atoms with Gasteiger partial charge in [-0.3, -0.25) is 0 Å². The molecule has 2 aromatic rings. The molecule has 0 aromatic heterocycles. The normalized spacial score (nSPS) is 17.5. The molecule has 1 aliphatic carbocycles. The van der Waals surface area contributed by atoms with Crippen LogP contribution >= 0.6 is 24.4 Å². The van der Waals surface area contributed by atoms with E-state index in [1.807, 2.05) is 26.0 Å². The average molecular weight is 546 g/mol. The molecule has 4 heteroatoms. The molecule has 3 rings (SSSR count). The predicted octanol–water partition coefficient (Wildman–Crippen LogP) is 10.0. The van der Waals surface area contributed by atoms with Gasteiger partial charge in [-0.05, 0) is 80.9 Å². The number of rotatable bonds is 8. The first kappa shape index (κ1) is 31.5. The van der Waals surface area contributed by atoms with Gasteiger partial charge < -0.3 is 4.74 Å². The van der Waals surface area contributed by atoms with E-state index in [1.54, 1.807) is 18.9 Å². The van der Waals surface area contributed by atoms with Crippen molar-refractivity contribution in [3.05, 3.63) is 118 Å². The minimum Gasteiger partial charge on any atom is -0.497 e. The summed E-state index contributed by atoms with van der Waals surface area (Å²) in [5.74, 6) is 2.19. The first-order chi connectivity index (χ1) is 18.3. The van der Waals surface area contributed by atoms with Crippen molar-refractivity contribution in [2.45, 2.75) is 54.4 Å². The second kappa shape index (κ2) is 17.0. The van der Waals surface area contributed by atoms with E-state index >= 15 is 0 Å². The molecule has 2 aromatic carbocycles. The maximum absolute atomic E-state index is 5.25. The molecule has 0 spiro atoms. The summed E-state index contributed by atoms with van der Waals surface area (Å²) in [6, 6.07) is 16.8. The molecule has 38 heavy (non-hydrogen) atoms. The summed E-state index contributed by atoms with van der Waals surface area (Å²) in [5, 5.41) is 1.85. The number of aryl methyl sites for hydroxylation is 2. The number of ether oxygens (including phenoxy) is 1. The number of methoxy groups -OCH3 is 1. The van der Waals surface area contributed by atoms with E-state index in [0.29, 0.717) is 5.92 Å². The molecule has 0 aliphatic heterocycles. The smallest absolute Gasteiger partial charge is 0.118 e. The summed E-state index contributed by atoms with van der Waals surface area (Å²) in [5.41, 5.74) is 7.81. The molecule has 1 aliphatic rings. The Balaban J connectivity index is 0.000000474. The molecule has 0 N–H and O–H groups in total. The van der Waals surface area contributed by atoms with Gasteiger partial charge in [-0.25, -0.2) is 4.99 Å². The van der Waals surface area contributed by atoms with Crippen molar-refractivity contribution in [2.75, 3.05) is 12.9 Å². The molecule has 202 valence electrons. The van der Waals surface area contributed by atoms with Crippen LogP contribution in [0.15, 0.2) is 106 Å². The zero-order valence-corrected chi connectivity index (χ0v) is 25.7. The van der Waals surface area contributed by atoms with E-state index < -0.39 is 0 Å². The number of nitrogens with zero attached hydrogens (tertiary/aromatic N) is 1. The van der Waals surface area contributed by atoms with Crippen molar-refractivity contribution < 1.29 is 4.74 Å². The van der Waals surface area contributed by atoms with Crippen LogP contribution in [0, 0.1) is 12.8 Å². The molecule has 0 radical (unpaired) electrons. The zero-order chi connectivity index (χ0) is 27.9. The molecule has 0 saturated heterocycles. The highest BCUT2D eigenvalue weighted by Gasteiger charge is 2.21.